The number of nitrogens with zero attached hydrogens (tertiary/aromatic N) is 1. The normalized spacial score (nSPS) is 13.2. The third-order valence-corrected chi connectivity index (χ3v) is 19.4. The molecule has 10 heteroatoms. The van der Waals surface area contributed by atoms with Crippen molar-refractivity contribution in [1.29, 1.82) is 0 Å². The van der Waals surface area contributed by atoms with E-state index in [2.05, 4.69) is 62.5 Å². The maximum absolute atomic E-state index is 12.9. The fourth-order valence-corrected chi connectivity index (χ4v) is 13.0. The number of unbranched alkanes of at least 4 members (excludes halogenated alkanes) is 54. The molecule has 0 spiro atoms. The summed E-state index contributed by atoms with van der Waals surface area (Å²) in [6.45, 7) is 4.41. The summed E-state index contributed by atoms with van der Waals surface area (Å²) in [6, 6.07) is 0. The van der Waals surface area contributed by atoms with E-state index in [0.29, 0.717) is 23.9 Å². The van der Waals surface area contributed by atoms with E-state index in [1.807, 2.05) is 21.1 Å². The first-order valence-corrected chi connectivity index (χ1v) is 41.9. The van der Waals surface area contributed by atoms with Crippen LogP contribution < -0.4 is 0 Å². The van der Waals surface area contributed by atoms with E-state index < -0.39 is 26.5 Å². The lowest BCUT2D eigenvalue weighted by Crippen LogP contribution is -2.37. The fraction of sp³-hybridized carbons (Fsp3) is 0.878. The van der Waals surface area contributed by atoms with Gasteiger partial charge in [-0.15, -0.1) is 0 Å². The average molecular weight is 1320 g/mol. The summed E-state index contributed by atoms with van der Waals surface area (Å²) in [6.07, 6.45) is 97.0. The highest BCUT2D eigenvalue weighted by Gasteiger charge is 2.27. The van der Waals surface area contributed by atoms with E-state index in [1.54, 1.807) is 0 Å². The minimum atomic E-state index is -4.39. The van der Waals surface area contributed by atoms with E-state index in [4.69, 9.17) is 18.5 Å². The van der Waals surface area contributed by atoms with Gasteiger partial charge in [0.1, 0.15) is 19.8 Å². The minimum absolute atomic E-state index is 0.0351. The Hall–Kier alpha value is -2.03. The lowest BCUT2D eigenvalue weighted by Gasteiger charge is -2.24. The van der Waals surface area contributed by atoms with Crippen molar-refractivity contribution in [2.75, 3.05) is 47.5 Å². The number of carbonyl (C=O) groups is 2. The van der Waals surface area contributed by atoms with Gasteiger partial charge in [0.25, 0.3) is 0 Å². The van der Waals surface area contributed by atoms with E-state index in [0.717, 1.165) is 57.8 Å². The summed E-state index contributed by atoms with van der Waals surface area (Å²) in [4.78, 5) is 36.0. The molecule has 0 aromatic rings. The first-order valence-electron chi connectivity index (χ1n) is 40.4. The van der Waals surface area contributed by atoms with Gasteiger partial charge in [0.2, 0.25) is 0 Å². The van der Waals surface area contributed by atoms with Crippen LogP contribution in [0.2, 0.25) is 0 Å². The third-order valence-electron chi connectivity index (χ3n) is 18.4. The molecule has 0 heterocycles. The standard InChI is InChI=1S/C82H156NO8P/c1-6-8-10-12-14-16-18-20-22-24-26-28-30-32-34-36-38-40-41-43-45-47-49-51-53-55-57-59-61-63-65-67-69-71-73-75-82(85)91-80(79-90-92(86,87)89-77-76-83(3,4)5)78-88-81(84)74-72-70-68-66-64-62-60-58-56-54-52-50-48-46-44-42-39-37-35-33-31-29-27-25-23-21-19-17-15-13-11-9-7-2/h8,10,14,16,20,22,26,28,80H,6-7,9,11-13,15,17-19,21,23-25,27,29-79H2,1-5H3/p+1/b10-8-,16-14-,22-20-,28-26-. The van der Waals surface area contributed by atoms with Gasteiger partial charge < -0.3 is 18.9 Å². The van der Waals surface area contributed by atoms with E-state index in [9.17, 15) is 19.0 Å². The Labute approximate surface area is 573 Å². The van der Waals surface area contributed by atoms with Crippen LogP contribution in [0.15, 0.2) is 48.6 Å². The summed E-state index contributed by atoms with van der Waals surface area (Å²) >= 11 is 0. The van der Waals surface area contributed by atoms with Crippen molar-refractivity contribution in [3.8, 4) is 0 Å². The Morgan fingerprint density at radius 2 is 0.620 bits per heavy atom. The number of esters is 2. The molecule has 0 bridgehead atoms. The van der Waals surface area contributed by atoms with Crippen LogP contribution in [0.1, 0.15) is 412 Å². The van der Waals surface area contributed by atoms with Gasteiger partial charge >= 0.3 is 19.8 Å². The fourth-order valence-electron chi connectivity index (χ4n) is 12.3. The molecule has 2 atom stereocenters. The van der Waals surface area contributed by atoms with Gasteiger partial charge in [-0.05, 0) is 51.4 Å². The van der Waals surface area contributed by atoms with Gasteiger partial charge in [-0.1, -0.05) is 396 Å². The molecule has 542 valence electrons. The van der Waals surface area contributed by atoms with Gasteiger partial charge in [0.15, 0.2) is 6.10 Å². The monoisotopic (exact) mass is 1320 g/mol. The predicted molar refractivity (Wildman–Crippen MR) is 400 cm³/mol. The van der Waals surface area contributed by atoms with Crippen molar-refractivity contribution in [2.24, 2.45) is 0 Å². The molecule has 0 amide bonds. The number of rotatable bonds is 76. The second-order valence-corrected chi connectivity index (χ2v) is 30.2. The summed E-state index contributed by atoms with van der Waals surface area (Å²) in [7, 11) is 1.50. The Morgan fingerprint density at radius 1 is 0.348 bits per heavy atom. The van der Waals surface area contributed by atoms with Crippen LogP contribution in [-0.4, -0.2) is 74.9 Å². The first kappa shape index (κ1) is 90.0. The minimum Gasteiger partial charge on any atom is -0.462 e. The molecule has 0 saturated heterocycles. The smallest absolute Gasteiger partial charge is 0.462 e. The van der Waals surface area contributed by atoms with Gasteiger partial charge in [-0.25, -0.2) is 4.57 Å². The van der Waals surface area contributed by atoms with Crippen LogP contribution in [0.4, 0.5) is 0 Å². The second kappa shape index (κ2) is 73.2. The Kier molecular flexibility index (Phi) is 71.6. The van der Waals surface area contributed by atoms with E-state index >= 15 is 0 Å². The van der Waals surface area contributed by atoms with Crippen LogP contribution in [0.3, 0.4) is 0 Å². The summed E-state index contributed by atoms with van der Waals surface area (Å²) in [5.74, 6) is -0.771. The summed E-state index contributed by atoms with van der Waals surface area (Å²) in [5.41, 5.74) is 0. The highest BCUT2D eigenvalue weighted by atomic mass is 31.2. The SMILES string of the molecule is CC/C=C\C/C=C\C/C=C\C/C=C\CCCCCCCCCCCCCCCCCCCCCCCCC(=O)OC(COC(=O)CCCCCCCCCCCCCCCCCCCCCCCCCCCCCCCCCCC)COP(=O)(O)OCC[N+](C)(C)C. The lowest BCUT2D eigenvalue weighted by atomic mass is 10.0. The lowest BCUT2D eigenvalue weighted by molar-refractivity contribution is -0.870. The Balaban J connectivity index is 3.90. The largest absolute Gasteiger partial charge is 0.472 e. The zero-order chi connectivity index (χ0) is 66.9. The van der Waals surface area contributed by atoms with Crippen LogP contribution in [0.25, 0.3) is 0 Å². The molecule has 0 rings (SSSR count). The molecule has 0 fully saturated rings. The summed E-state index contributed by atoms with van der Waals surface area (Å²) in [5, 5.41) is 0. The number of ether oxygens (including phenoxy) is 2. The highest BCUT2D eigenvalue weighted by molar-refractivity contribution is 7.47. The van der Waals surface area contributed by atoms with Crippen molar-refractivity contribution in [2.45, 2.75) is 418 Å². The number of likely N-dealkylation sites (N-methyl/N-ethyl adjacent to an activating group) is 1. The number of hydrogen-bond acceptors (Lipinski definition) is 7. The molecule has 0 radical (unpaired) electrons. The van der Waals surface area contributed by atoms with Gasteiger partial charge in [-0.2, -0.15) is 0 Å². The Morgan fingerprint density at radius 3 is 0.924 bits per heavy atom. The zero-order valence-corrected chi connectivity index (χ0v) is 63.0. The summed E-state index contributed by atoms with van der Waals surface area (Å²) < 4.78 is 34.8. The van der Waals surface area contributed by atoms with Crippen LogP contribution in [-0.2, 0) is 32.7 Å². The van der Waals surface area contributed by atoms with Crippen molar-refractivity contribution in [3.05, 3.63) is 48.6 Å². The van der Waals surface area contributed by atoms with E-state index in [-0.39, 0.29) is 25.6 Å². The molecule has 0 saturated carbocycles. The van der Waals surface area contributed by atoms with Crippen LogP contribution in [0, 0.1) is 0 Å². The number of quaternary nitrogens is 1. The molecule has 0 aliphatic carbocycles. The number of hydrogen-bond donors (Lipinski definition) is 1. The van der Waals surface area contributed by atoms with Gasteiger partial charge in [0.05, 0.1) is 27.7 Å². The maximum Gasteiger partial charge on any atom is 0.472 e. The van der Waals surface area contributed by atoms with Crippen molar-refractivity contribution < 1.29 is 42.1 Å². The topological polar surface area (TPSA) is 108 Å². The van der Waals surface area contributed by atoms with Crippen LogP contribution >= 0.6 is 7.82 Å². The predicted octanol–water partition coefficient (Wildman–Crippen LogP) is 26.7. The third kappa shape index (κ3) is 77.0. The number of phosphoric ester groups is 1. The van der Waals surface area contributed by atoms with Crippen molar-refractivity contribution >= 4 is 19.8 Å². The molecule has 1 N–H and O–H groups in total. The molecule has 0 aliphatic rings. The molecular formula is C82H157NO8P+. The number of allylic oxidation sites excluding steroid dienone is 8. The molecule has 92 heavy (non-hydrogen) atoms. The Bertz CT molecular complexity index is 1690. The first-order chi connectivity index (χ1) is 45.0. The second-order valence-electron chi connectivity index (χ2n) is 28.8. The molecular weight excluding hydrogens is 1160 g/mol. The molecule has 2 unspecified atom stereocenters. The molecule has 0 aromatic heterocycles. The van der Waals surface area contributed by atoms with Crippen molar-refractivity contribution in [1.82, 2.24) is 0 Å². The highest BCUT2D eigenvalue weighted by Crippen LogP contribution is 2.43. The van der Waals surface area contributed by atoms with Gasteiger partial charge in [-0.3, -0.25) is 18.6 Å². The maximum atomic E-state index is 12.9. The molecule has 0 aromatic carbocycles. The number of phosphoric acid groups is 1. The molecule has 0 aliphatic heterocycles. The van der Waals surface area contributed by atoms with Gasteiger partial charge in [0, 0.05) is 12.8 Å². The average Bonchev–Trinajstić information content (AvgIpc) is 2.14. The quantitative estimate of drug-likeness (QED) is 0.0211. The molecule has 9 nitrogen and oxygen atoms in total. The van der Waals surface area contributed by atoms with E-state index in [1.165, 1.54) is 321 Å². The zero-order valence-electron chi connectivity index (χ0n) is 62.1. The van der Waals surface area contributed by atoms with Crippen LogP contribution in [0.5, 0.6) is 0 Å². The van der Waals surface area contributed by atoms with Crippen molar-refractivity contribution in [3.63, 3.8) is 0 Å². The number of carbonyl (C=O) groups excluding carboxylic acids is 2.